The molecule has 0 aliphatic heterocycles. The molecule has 0 saturated carbocycles. The smallest absolute Gasteiger partial charge is 0.319 e. The number of hydrogen-bond donors (Lipinski definition) is 3. The van der Waals surface area contributed by atoms with Crippen LogP contribution in [-0.4, -0.2) is 23.8 Å². The minimum Gasteiger partial charge on any atom is -0.326 e. The van der Waals surface area contributed by atoms with Gasteiger partial charge in [0.25, 0.3) is 0 Å². The Morgan fingerprint density at radius 1 is 0.846 bits per heavy atom. The summed E-state index contributed by atoms with van der Waals surface area (Å²) in [7, 11) is 0. The second kappa shape index (κ2) is 8.80. The molecule has 1 unspecified atom stereocenters. The lowest BCUT2D eigenvalue weighted by atomic mass is 10.0. The Bertz CT molecular complexity index is 788. The van der Waals surface area contributed by atoms with Crippen LogP contribution in [0.4, 0.5) is 16.2 Å². The van der Waals surface area contributed by atoms with Crippen molar-refractivity contribution in [3.63, 3.8) is 0 Å². The van der Waals surface area contributed by atoms with Crippen molar-refractivity contribution in [2.75, 3.05) is 10.6 Å². The quantitative estimate of drug-likeness (QED) is 0.692. The summed E-state index contributed by atoms with van der Waals surface area (Å²) < 4.78 is 0. The number of amides is 3. The van der Waals surface area contributed by atoms with Gasteiger partial charge in [0, 0.05) is 16.9 Å². The molecule has 0 radical (unpaired) electrons. The highest BCUT2D eigenvalue weighted by atomic mass is 16.2. The van der Waals surface area contributed by atoms with Crippen LogP contribution in [0, 0.1) is 5.92 Å². The van der Waals surface area contributed by atoms with Crippen molar-refractivity contribution in [1.82, 2.24) is 5.32 Å². The number of anilines is 2. The second-order valence-electron chi connectivity index (χ2n) is 6.31. The van der Waals surface area contributed by atoms with Gasteiger partial charge in [-0.05, 0) is 37.1 Å². The van der Waals surface area contributed by atoms with E-state index in [1.165, 1.54) is 6.92 Å². The van der Waals surface area contributed by atoms with Gasteiger partial charge in [0.1, 0.15) is 6.04 Å². The fraction of sp³-hybridized carbons (Fsp3) is 0.250. The number of urea groups is 1. The molecule has 2 aromatic carbocycles. The van der Waals surface area contributed by atoms with Crippen molar-refractivity contribution in [2.45, 2.75) is 26.8 Å². The number of Topliss-reactive ketones (excluding diaryl/α,β-unsaturated/α-hetero) is 1. The van der Waals surface area contributed by atoms with Crippen molar-refractivity contribution < 1.29 is 14.4 Å². The standard InChI is InChI=1S/C20H23N3O3/c1-13(2)18(23-20(26)22-16-9-5-4-6-10-16)19(25)21-17-11-7-8-15(12-17)14(3)24/h4-13,18H,1-3H3,(H,21,25)(H2,22,23,26). The number of para-hydroxylation sites is 1. The normalized spacial score (nSPS) is 11.5. The first-order chi connectivity index (χ1) is 12.4. The lowest BCUT2D eigenvalue weighted by Crippen LogP contribution is -2.48. The van der Waals surface area contributed by atoms with Crippen LogP contribution in [0.1, 0.15) is 31.1 Å². The summed E-state index contributed by atoms with van der Waals surface area (Å²) in [6, 6.07) is 14.5. The van der Waals surface area contributed by atoms with Gasteiger partial charge >= 0.3 is 6.03 Å². The lowest BCUT2D eigenvalue weighted by molar-refractivity contribution is -0.118. The number of carbonyl (C=O) groups is 3. The van der Waals surface area contributed by atoms with Crippen molar-refractivity contribution in [3.8, 4) is 0 Å². The number of rotatable bonds is 6. The Morgan fingerprint density at radius 3 is 2.12 bits per heavy atom. The highest BCUT2D eigenvalue weighted by Gasteiger charge is 2.24. The molecule has 3 amide bonds. The average molecular weight is 353 g/mol. The van der Waals surface area contributed by atoms with E-state index in [9.17, 15) is 14.4 Å². The third-order valence-corrected chi connectivity index (χ3v) is 3.80. The van der Waals surface area contributed by atoms with Crippen LogP contribution in [0.5, 0.6) is 0 Å². The van der Waals surface area contributed by atoms with Crippen LogP contribution in [0.15, 0.2) is 54.6 Å². The molecule has 0 aliphatic rings. The van der Waals surface area contributed by atoms with E-state index in [0.29, 0.717) is 16.9 Å². The van der Waals surface area contributed by atoms with E-state index in [2.05, 4.69) is 16.0 Å². The predicted octanol–water partition coefficient (Wildman–Crippen LogP) is 3.67. The van der Waals surface area contributed by atoms with E-state index in [0.717, 1.165) is 0 Å². The molecule has 2 rings (SSSR count). The average Bonchev–Trinajstić information content (AvgIpc) is 2.60. The second-order valence-corrected chi connectivity index (χ2v) is 6.31. The van der Waals surface area contributed by atoms with Crippen LogP contribution >= 0.6 is 0 Å². The zero-order chi connectivity index (χ0) is 19.1. The molecule has 0 bridgehead atoms. The molecule has 3 N–H and O–H groups in total. The van der Waals surface area contributed by atoms with Gasteiger partial charge in [-0.3, -0.25) is 9.59 Å². The first-order valence-corrected chi connectivity index (χ1v) is 8.41. The number of carbonyl (C=O) groups excluding carboxylic acids is 3. The lowest BCUT2D eigenvalue weighted by Gasteiger charge is -2.22. The van der Waals surface area contributed by atoms with E-state index in [1.54, 1.807) is 36.4 Å². The summed E-state index contributed by atoms with van der Waals surface area (Å²) in [6.07, 6.45) is 0. The number of ketones is 1. The summed E-state index contributed by atoms with van der Waals surface area (Å²) >= 11 is 0. The molecule has 0 spiro atoms. The third-order valence-electron chi connectivity index (χ3n) is 3.80. The Hall–Kier alpha value is -3.15. The Morgan fingerprint density at radius 2 is 1.50 bits per heavy atom. The molecule has 6 nitrogen and oxygen atoms in total. The molecular formula is C20H23N3O3. The van der Waals surface area contributed by atoms with Gasteiger partial charge in [-0.1, -0.05) is 44.2 Å². The SMILES string of the molecule is CC(=O)c1cccc(NC(=O)C(NC(=O)Nc2ccccc2)C(C)C)c1. The van der Waals surface area contributed by atoms with Crippen LogP contribution in [0.25, 0.3) is 0 Å². The van der Waals surface area contributed by atoms with Gasteiger partial charge in [0.2, 0.25) is 5.91 Å². The third kappa shape index (κ3) is 5.44. The van der Waals surface area contributed by atoms with Gasteiger partial charge in [0.15, 0.2) is 5.78 Å². The molecule has 26 heavy (non-hydrogen) atoms. The zero-order valence-electron chi connectivity index (χ0n) is 15.1. The van der Waals surface area contributed by atoms with Crippen molar-refractivity contribution in [1.29, 1.82) is 0 Å². The Labute approximate surface area is 153 Å². The van der Waals surface area contributed by atoms with Gasteiger partial charge in [-0.15, -0.1) is 0 Å². The number of hydrogen-bond acceptors (Lipinski definition) is 3. The van der Waals surface area contributed by atoms with Crippen LogP contribution in [0.3, 0.4) is 0 Å². The highest BCUT2D eigenvalue weighted by molar-refractivity contribution is 6.00. The number of benzene rings is 2. The highest BCUT2D eigenvalue weighted by Crippen LogP contribution is 2.13. The summed E-state index contributed by atoms with van der Waals surface area (Å²) in [4.78, 5) is 36.2. The summed E-state index contributed by atoms with van der Waals surface area (Å²) in [5.74, 6) is -0.543. The van der Waals surface area contributed by atoms with E-state index in [-0.39, 0.29) is 17.6 Å². The maximum Gasteiger partial charge on any atom is 0.319 e. The summed E-state index contributed by atoms with van der Waals surface area (Å²) in [6.45, 7) is 5.16. The van der Waals surface area contributed by atoms with Crippen LogP contribution in [0.2, 0.25) is 0 Å². The molecule has 0 saturated heterocycles. The van der Waals surface area contributed by atoms with Crippen molar-refractivity contribution >= 4 is 29.1 Å². The minimum atomic E-state index is -0.723. The van der Waals surface area contributed by atoms with Gasteiger partial charge in [-0.25, -0.2) is 4.79 Å². The van der Waals surface area contributed by atoms with Crippen LogP contribution < -0.4 is 16.0 Å². The summed E-state index contributed by atoms with van der Waals surface area (Å²) in [5.41, 5.74) is 1.67. The largest absolute Gasteiger partial charge is 0.326 e. The molecule has 2 aromatic rings. The maximum absolute atomic E-state index is 12.6. The molecule has 1 atom stereocenters. The topological polar surface area (TPSA) is 87.3 Å². The van der Waals surface area contributed by atoms with Gasteiger partial charge in [-0.2, -0.15) is 0 Å². The van der Waals surface area contributed by atoms with E-state index in [4.69, 9.17) is 0 Å². The van der Waals surface area contributed by atoms with Gasteiger partial charge in [0.05, 0.1) is 0 Å². The van der Waals surface area contributed by atoms with Gasteiger partial charge < -0.3 is 16.0 Å². The summed E-state index contributed by atoms with van der Waals surface area (Å²) in [5, 5.41) is 8.14. The first-order valence-electron chi connectivity index (χ1n) is 8.41. The Balaban J connectivity index is 2.04. The maximum atomic E-state index is 12.6. The molecule has 0 aliphatic carbocycles. The monoisotopic (exact) mass is 353 g/mol. The minimum absolute atomic E-state index is 0.0816. The van der Waals surface area contributed by atoms with Crippen molar-refractivity contribution in [2.24, 2.45) is 5.92 Å². The molecule has 0 heterocycles. The van der Waals surface area contributed by atoms with Crippen LogP contribution in [-0.2, 0) is 4.79 Å². The molecule has 0 aromatic heterocycles. The molecule has 0 fully saturated rings. The van der Waals surface area contributed by atoms with E-state index >= 15 is 0 Å². The fourth-order valence-corrected chi connectivity index (χ4v) is 2.40. The zero-order valence-corrected chi connectivity index (χ0v) is 15.1. The van der Waals surface area contributed by atoms with E-state index < -0.39 is 12.1 Å². The van der Waals surface area contributed by atoms with Crippen molar-refractivity contribution in [3.05, 3.63) is 60.2 Å². The fourth-order valence-electron chi connectivity index (χ4n) is 2.40. The first kappa shape index (κ1) is 19.2. The molecule has 6 heteroatoms. The Kier molecular flexibility index (Phi) is 6.49. The predicted molar refractivity (Wildman–Crippen MR) is 102 cm³/mol. The molecule has 136 valence electrons. The van der Waals surface area contributed by atoms with E-state index in [1.807, 2.05) is 32.0 Å². The molecular weight excluding hydrogens is 330 g/mol. The number of nitrogens with one attached hydrogen (secondary N) is 3.